The monoisotopic (exact) mass is 282 g/mol. The Morgan fingerprint density at radius 1 is 1.10 bits per heavy atom. The molecular formula is C18H18O3. The molecule has 108 valence electrons. The highest BCUT2D eigenvalue weighted by molar-refractivity contribution is 5.91. The number of rotatable bonds is 6. The number of ketones is 1. The van der Waals surface area contributed by atoms with E-state index in [1.54, 1.807) is 19.3 Å². The van der Waals surface area contributed by atoms with Crippen molar-refractivity contribution in [1.29, 1.82) is 0 Å². The molecule has 2 aromatic carbocycles. The SMILES string of the molecule is COc1ccccc1OCc1cccc(/C=C/C(C)=O)c1. The molecule has 0 bridgehead atoms. The number of carbonyl (C=O) groups excluding carboxylic acids is 1. The minimum atomic E-state index is 0.0330. The first-order valence-electron chi connectivity index (χ1n) is 6.72. The van der Waals surface area contributed by atoms with E-state index in [0.717, 1.165) is 11.1 Å². The Balaban J connectivity index is 2.06. The molecule has 0 aliphatic rings. The van der Waals surface area contributed by atoms with Gasteiger partial charge >= 0.3 is 0 Å². The summed E-state index contributed by atoms with van der Waals surface area (Å²) in [5.74, 6) is 1.46. The highest BCUT2D eigenvalue weighted by Crippen LogP contribution is 2.26. The lowest BCUT2D eigenvalue weighted by molar-refractivity contribution is -0.112. The Hall–Kier alpha value is -2.55. The fourth-order valence-electron chi connectivity index (χ4n) is 1.90. The van der Waals surface area contributed by atoms with E-state index in [0.29, 0.717) is 18.1 Å². The van der Waals surface area contributed by atoms with Crippen LogP contribution in [0.25, 0.3) is 6.08 Å². The molecule has 2 aromatic rings. The summed E-state index contributed by atoms with van der Waals surface area (Å²) in [6, 6.07) is 15.4. The molecule has 3 heteroatoms. The van der Waals surface area contributed by atoms with Gasteiger partial charge in [-0.1, -0.05) is 36.4 Å². The van der Waals surface area contributed by atoms with Crippen LogP contribution in [0.4, 0.5) is 0 Å². The number of methoxy groups -OCH3 is 1. The van der Waals surface area contributed by atoms with Gasteiger partial charge in [0, 0.05) is 0 Å². The second kappa shape index (κ2) is 7.29. The molecule has 0 atom stereocenters. The molecule has 0 radical (unpaired) electrons. The van der Waals surface area contributed by atoms with Crippen LogP contribution in [-0.2, 0) is 11.4 Å². The van der Waals surface area contributed by atoms with Crippen LogP contribution in [0, 0.1) is 0 Å². The van der Waals surface area contributed by atoms with Crippen LogP contribution in [0.5, 0.6) is 11.5 Å². The molecule has 0 spiro atoms. The number of hydrogen-bond acceptors (Lipinski definition) is 3. The lowest BCUT2D eigenvalue weighted by atomic mass is 10.1. The minimum Gasteiger partial charge on any atom is -0.493 e. The van der Waals surface area contributed by atoms with Crippen LogP contribution in [-0.4, -0.2) is 12.9 Å². The van der Waals surface area contributed by atoms with Gasteiger partial charge in [0.25, 0.3) is 0 Å². The maximum Gasteiger partial charge on any atom is 0.161 e. The van der Waals surface area contributed by atoms with Crippen molar-refractivity contribution in [2.24, 2.45) is 0 Å². The summed E-state index contributed by atoms with van der Waals surface area (Å²) in [6.07, 6.45) is 3.36. The normalized spacial score (nSPS) is 10.6. The van der Waals surface area contributed by atoms with Crippen LogP contribution in [0.15, 0.2) is 54.6 Å². The smallest absolute Gasteiger partial charge is 0.161 e. The molecule has 0 amide bonds. The minimum absolute atomic E-state index is 0.0330. The van der Waals surface area contributed by atoms with Crippen molar-refractivity contribution < 1.29 is 14.3 Å². The fourth-order valence-corrected chi connectivity index (χ4v) is 1.90. The zero-order chi connectivity index (χ0) is 15.1. The molecule has 21 heavy (non-hydrogen) atoms. The molecule has 0 saturated heterocycles. The summed E-state index contributed by atoms with van der Waals surface area (Å²) in [5.41, 5.74) is 2.01. The van der Waals surface area contributed by atoms with E-state index in [-0.39, 0.29) is 5.78 Å². The summed E-state index contributed by atoms with van der Waals surface area (Å²) in [6.45, 7) is 1.98. The first-order chi connectivity index (χ1) is 10.2. The summed E-state index contributed by atoms with van der Waals surface area (Å²) < 4.78 is 11.0. The van der Waals surface area contributed by atoms with Gasteiger partial charge in [0.05, 0.1) is 7.11 Å². The number of para-hydroxylation sites is 2. The van der Waals surface area contributed by atoms with Crippen LogP contribution in [0.2, 0.25) is 0 Å². The van der Waals surface area contributed by atoms with Crippen molar-refractivity contribution in [3.05, 3.63) is 65.7 Å². The van der Waals surface area contributed by atoms with Gasteiger partial charge in [0.15, 0.2) is 17.3 Å². The Labute approximate surface area is 124 Å². The molecule has 0 aromatic heterocycles. The molecule has 0 saturated carbocycles. The summed E-state index contributed by atoms with van der Waals surface area (Å²) >= 11 is 0. The second-order valence-electron chi connectivity index (χ2n) is 4.63. The Kier molecular flexibility index (Phi) is 5.16. The molecule has 3 nitrogen and oxygen atoms in total. The van der Waals surface area contributed by atoms with E-state index in [4.69, 9.17) is 9.47 Å². The zero-order valence-corrected chi connectivity index (χ0v) is 12.2. The molecule has 0 fully saturated rings. The van der Waals surface area contributed by atoms with E-state index in [1.165, 1.54) is 6.92 Å². The van der Waals surface area contributed by atoms with Gasteiger partial charge < -0.3 is 9.47 Å². The maximum absolute atomic E-state index is 11.0. The van der Waals surface area contributed by atoms with E-state index >= 15 is 0 Å². The van der Waals surface area contributed by atoms with Gasteiger partial charge in [-0.25, -0.2) is 0 Å². The number of allylic oxidation sites excluding steroid dienone is 1. The van der Waals surface area contributed by atoms with Gasteiger partial charge in [-0.15, -0.1) is 0 Å². The van der Waals surface area contributed by atoms with E-state index in [9.17, 15) is 4.79 Å². The molecule has 2 rings (SSSR count). The molecule has 0 aliphatic carbocycles. The summed E-state index contributed by atoms with van der Waals surface area (Å²) in [7, 11) is 1.62. The lowest BCUT2D eigenvalue weighted by Crippen LogP contribution is -1.97. The average molecular weight is 282 g/mol. The molecule has 0 N–H and O–H groups in total. The Morgan fingerprint density at radius 2 is 1.86 bits per heavy atom. The summed E-state index contributed by atoms with van der Waals surface area (Å²) in [4.78, 5) is 11.0. The fraction of sp³-hybridized carbons (Fsp3) is 0.167. The number of ether oxygens (including phenoxy) is 2. The van der Waals surface area contributed by atoms with Crippen molar-refractivity contribution in [2.75, 3.05) is 7.11 Å². The van der Waals surface area contributed by atoms with E-state index in [1.807, 2.05) is 48.5 Å². The molecule has 0 heterocycles. The third-order valence-electron chi connectivity index (χ3n) is 2.92. The van der Waals surface area contributed by atoms with Crippen molar-refractivity contribution in [3.8, 4) is 11.5 Å². The Bertz CT molecular complexity index is 644. The molecule has 0 unspecified atom stereocenters. The maximum atomic E-state index is 11.0. The zero-order valence-electron chi connectivity index (χ0n) is 12.2. The van der Waals surface area contributed by atoms with Gasteiger partial charge in [-0.2, -0.15) is 0 Å². The van der Waals surface area contributed by atoms with Crippen molar-refractivity contribution in [2.45, 2.75) is 13.5 Å². The largest absolute Gasteiger partial charge is 0.493 e. The first-order valence-corrected chi connectivity index (χ1v) is 6.72. The first kappa shape index (κ1) is 14.9. The van der Waals surface area contributed by atoms with Crippen LogP contribution >= 0.6 is 0 Å². The van der Waals surface area contributed by atoms with Gasteiger partial charge in [-0.05, 0) is 42.3 Å². The van der Waals surface area contributed by atoms with Crippen molar-refractivity contribution >= 4 is 11.9 Å². The second-order valence-corrected chi connectivity index (χ2v) is 4.63. The van der Waals surface area contributed by atoms with Crippen molar-refractivity contribution in [1.82, 2.24) is 0 Å². The van der Waals surface area contributed by atoms with E-state index < -0.39 is 0 Å². The highest BCUT2D eigenvalue weighted by Gasteiger charge is 2.03. The van der Waals surface area contributed by atoms with Crippen molar-refractivity contribution in [3.63, 3.8) is 0 Å². The average Bonchev–Trinajstić information content (AvgIpc) is 2.51. The van der Waals surface area contributed by atoms with E-state index in [2.05, 4.69) is 0 Å². The van der Waals surface area contributed by atoms with Crippen LogP contribution < -0.4 is 9.47 Å². The third kappa shape index (κ3) is 4.49. The molecule has 0 aliphatic heterocycles. The topological polar surface area (TPSA) is 35.5 Å². The number of carbonyl (C=O) groups is 1. The van der Waals surface area contributed by atoms with Crippen LogP contribution in [0.3, 0.4) is 0 Å². The van der Waals surface area contributed by atoms with Gasteiger partial charge in [0.2, 0.25) is 0 Å². The van der Waals surface area contributed by atoms with Gasteiger partial charge in [-0.3, -0.25) is 4.79 Å². The molecular weight excluding hydrogens is 264 g/mol. The standard InChI is InChI=1S/C18H18O3/c1-14(19)10-11-15-6-5-7-16(12-15)13-21-18-9-4-3-8-17(18)20-2/h3-12H,13H2,1-2H3/b11-10+. The number of benzene rings is 2. The lowest BCUT2D eigenvalue weighted by Gasteiger charge is -2.10. The quantitative estimate of drug-likeness (QED) is 0.754. The third-order valence-corrected chi connectivity index (χ3v) is 2.92. The predicted octanol–water partition coefficient (Wildman–Crippen LogP) is 3.88. The number of hydrogen-bond donors (Lipinski definition) is 0. The highest BCUT2D eigenvalue weighted by atomic mass is 16.5. The Morgan fingerprint density at radius 3 is 2.57 bits per heavy atom. The van der Waals surface area contributed by atoms with Crippen LogP contribution in [0.1, 0.15) is 18.1 Å². The predicted molar refractivity (Wildman–Crippen MR) is 83.5 cm³/mol. The van der Waals surface area contributed by atoms with Gasteiger partial charge in [0.1, 0.15) is 6.61 Å². The summed E-state index contributed by atoms with van der Waals surface area (Å²) in [5, 5.41) is 0.